The summed E-state index contributed by atoms with van der Waals surface area (Å²) in [5.41, 5.74) is 5.20. The summed E-state index contributed by atoms with van der Waals surface area (Å²) in [5, 5.41) is 17.0. The Morgan fingerprint density at radius 2 is 1.55 bits per heavy atom. The van der Waals surface area contributed by atoms with Crippen molar-refractivity contribution < 1.29 is 14.3 Å². The first kappa shape index (κ1) is 20.3. The molecular formula is C15H26N4O3. The second-order valence-electron chi connectivity index (χ2n) is 5.15. The fourth-order valence-corrected chi connectivity index (χ4v) is 1.97. The number of hydrogen-bond donors (Lipinski definition) is 1. The van der Waals surface area contributed by atoms with E-state index in [1.807, 2.05) is 26.0 Å². The lowest BCUT2D eigenvalue weighted by Crippen LogP contribution is -2.40. The van der Waals surface area contributed by atoms with Gasteiger partial charge in [-0.2, -0.15) is 10.5 Å². The maximum absolute atomic E-state index is 11.0. The highest BCUT2D eigenvalue weighted by molar-refractivity contribution is 5.73. The molecule has 0 aliphatic rings. The van der Waals surface area contributed by atoms with E-state index in [1.165, 1.54) is 0 Å². The van der Waals surface area contributed by atoms with Gasteiger partial charge in [0.15, 0.2) is 0 Å². The van der Waals surface area contributed by atoms with E-state index in [1.54, 1.807) is 0 Å². The molecule has 124 valence electrons. The molecule has 7 nitrogen and oxygen atoms in total. The van der Waals surface area contributed by atoms with E-state index in [2.05, 4.69) is 4.90 Å². The molecule has 0 fully saturated rings. The number of hydrogen-bond acceptors (Lipinski definition) is 6. The zero-order valence-electron chi connectivity index (χ0n) is 13.5. The van der Waals surface area contributed by atoms with Crippen LogP contribution in [0.1, 0.15) is 33.1 Å². The van der Waals surface area contributed by atoms with Crippen molar-refractivity contribution in [3.8, 4) is 12.1 Å². The summed E-state index contributed by atoms with van der Waals surface area (Å²) in [6.07, 6.45) is 0.897. The van der Waals surface area contributed by atoms with Crippen LogP contribution in [-0.4, -0.2) is 55.9 Å². The molecule has 2 unspecified atom stereocenters. The Kier molecular flexibility index (Phi) is 12.0. The second kappa shape index (κ2) is 13.0. The van der Waals surface area contributed by atoms with E-state index in [0.29, 0.717) is 45.7 Å². The van der Waals surface area contributed by atoms with Crippen molar-refractivity contribution in [3.05, 3.63) is 0 Å². The van der Waals surface area contributed by atoms with Crippen LogP contribution in [0.2, 0.25) is 0 Å². The fourth-order valence-electron chi connectivity index (χ4n) is 1.97. The third-order valence-corrected chi connectivity index (χ3v) is 2.94. The first-order valence-electron chi connectivity index (χ1n) is 7.47. The van der Waals surface area contributed by atoms with Gasteiger partial charge in [0.25, 0.3) is 0 Å². The van der Waals surface area contributed by atoms with Gasteiger partial charge in [0.2, 0.25) is 5.91 Å². The minimum absolute atomic E-state index is 0.0486. The molecule has 0 aromatic carbocycles. The van der Waals surface area contributed by atoms with Crippen LogP contribution in [0.25, 0.3) is 0 Å². The standard InChI is InChI=1S/C15H26N4O3/c1-13(21-9-3-6-16)11-19(8-5-15(18)20)12-14(2)22-10-4-7-17/h13-14H,3-5,8-12H2,1-2H3,(H2,18,20). The number of carbonyl (C=O) groups excluding carboxylic acids is 1. The fraction of sp³-hybridized carbons (Fsp3) is 0.800. The Bertz CT molecular complexity index is 361. The van der Waals surface area contributed by atoms with E-state index in [4.69, 9.17) is 25.7 Å². The predicted molar refractivity (Wildman–Crippen MR) is 81.5 cm³/mol. The molecule has 0 aromatic rings. The van der Waals surface area contributed by atoms with Crippen molar-refractivity contribution in [2.75, 3.05) is 32.8 Å². The van der Waals surface area contributed by atoms with Crippen LogP contribution < -0.4 is 5.73 Å². The summed E-state index contributed by atoms with van der Waals surface area (Å²) in [5.74, 6) is -0.346. The van der Waals surface area contributed by atoms with Gasteiger partial charge >= 0.3 is 0 Å². The van der Waals surface area contributed by atoms with Crippen LogP contribution in [0.4, 0.5) is 0 Å². The van der Waals surface area contributed by atoms with Gasteiger partial charge in [0.1, 0.15) is 0 Å². The molecule has 2 N–H and O–H groups in total. The van der Waals surface area contributed by atoms with Crippen LogP contribution in [0.5, 0.6) is 0 Å². The van der Waals surface area contributed by atoms with E-state index in [9.17, 15) is 4.79 Å². The molecule has 0 bridgehead atoms. The average molecular weight is 310 g/mol. The second-order valence-corrected chi connectivity index (χ2v) is 5.15. The van der Waals surface area contributed by atoms with Crippen LogP contribution in [-0.2, 0) is 14.3 Å². The highest BCUT2D eigenvalue weighted by Gasteiger charge is 2.15. The van der Waals surface area contributed by atoms with Crippen LogP contribution in [0.3, 0.4) is 0 Å². The molecule has 0 aliphatic carbocycles. The molecule has 0 radical (unpaired) electrons. The third kappa shape index (κ3) is 12.1. The maximum Gasteiger partial charge on any atom is 0.218 e. The molecule has 0 saturated carbocycles. The molecule has 0 aromatic heterocycles. The van der Waals surface area contributed by atoms with Crippen molar-refractivity contribution in [2.45, 2.75) is 45.3 Å². The van der Waals surface area contributed by atoms with Gasteiger partial charge in [0.05, 0.1) is 50.4 Å². The SMILES string of the molecule is CC(CN(CCC(N)=O)CC(C)OCCC#N)OCCC#N. The molecule has 0 saturated heterocycles. The van der Waals surface area contributed by atoms with E-state index < -0.39 is 0 Å². The van der Waals surface area contributed by atoms with E-state index in [-0.39, 0.29) is 24.5 Å². The van der Waals surface area contributed by atoms with Crippen LogP contribution >= 0.6 is 0 Å². The number of nitriles is 2. The highest BCUT2D eigenvalue weighted by Crippen LogP contribution is 2.03. The zero-order chi connectivity index (χ0) is 16.8. The average Bonchev–Trinajstić information content (AvgIpc) is 2.45. The quantitative estimate of drug-likeness (QED) is 0.503. The number of ether oxygens (including phenoxy) is 2. The summed E-state index contributed by atoms with van der Waals surface area (Å²) >= 11 is 0. The normalized spacial score (nSPS) is 13.3. The molecule has 0 rings (SSSR count). The molecule has 0 heterocycles. The lowest BCUT2D eigenvalue weighted by Gasteiger charge is -2.28. The predicted octanol–water partition coefficient (Wildman–Crippen LogP) is 0.801. The maximum atomic E-state index is 11.0. The highest BCUT2D eigenvalue weighted by atomic mass is 16.5. The Morgan fingerprint density at radius 3 is 1.91 bits per heavy atom. The van der Waals surface area contributed by atoms with Crippen molar-refractivity contribution in [1.29, 1.82) is 10.5 Å². The molecule has 1 amide bonds. The van der Waals surface area contributed by atoms with Gasteiger partial charge in [-0.05, 0) is 13.8 Å². The lowest BCUT2D eigenvalue weighted by molar-refractivity contribution is -0.118. The molecule has 7 heteroatoms. The Labute approximate surface area is 132 Å². The Morgan fingerprint density at radius 1 is 1.09 bits per heavy atom. The van der Waals surface area contributed by atoms with Crippen LogP contribution in [0.15, 0.2) is 0 Å². The number of nitrogens with zero attached hydrogens (tertiary/aromatic N) is 3. The van der Waals surface area contributed by atoms with E-state index >= 15 is 0 Å². The summed E-state index contributed by atoms with van der Waals surface area (Å²) < 4.78 is 11.1. The van der Waals surface area contributed by atoms with Crippen molar-refractivity contribution in [1.82, 2.24) is 4.90 Å². The third-order valence-electron chi connectivity index (χ3n) is 2.94. The smallest absolute Gasteiger partial charge is 0.218 e. The van der Waals surface area contributed by atoms with Gasteiger partial charge in [0, 0.05) is 26.1 Å². The minimum atomic E-state index is -0.346. The monoisotopic (exact) mass is 310 g/mol. The van der Waals surface area contributed by atoms with Crippen molar-refractivity contribution >= 4 is 5.91 Å². The molecular weight excluding hydrogens is 284 g/mol. The summed E-state index contributed by atoms with van der Waals surface area (Å²) in [6.45, 7) is 6.44. The zero-order valence-corrected chi connectivity index (χ0v) is 13.5. The number of amides is 1. The van der Waals surface area contributed by atoms with E-state index in [0.717, 1.165) is 0 Å². The van der Waals surface area contributed by atoms with Gasteiger partial charge in [-0.25, -0.2) is 0 Å². The van der Waals surface area contributed by atoms with Gasteiger partial charge in [-0.1, -0.05) is 0 Å². The first-order valence-corrected chi connectivity index (χ1v) is 7.47. The number of carbonyl (C=O) groups is 1. The van der Waals surface area contributed by atoms with Gasteiger partial charge < -0.3 is 15.2 Å². The topological polar surface area (TPSA) is 112 Å². The lowest BCUT2D eigenvalue weighted by atomic mass is 10.2. The molecule has 22 heavy (non-hydrogen) atoms. The van der Waals surface area contributed by atoms with Gasteiger partial charge in [-0.15, -0.1) is 0 Å². The Hall–Kier alpha value is -1.67. The van der Waals surface area contributed by atoms with Crippen molar-refractivity contribution in [3.63, 3.8) is 0 Å². The Balaban J connectivity index is 4.26. The molecule has 0 aliphatic heterocycles. The first-order chi connectivity index (χ1) is 10.5. The minimum Gasteiger partial charge on any atom is -0.376 e. The number of primary amides is 1. The molecule has 0 spiro atoms. The largest absolute Gasteiger partial charge is 0.376 e. The van der Waals surface area contributed by atoms with Gasteiger partial charge in [-0.3, -0.25) is 9.69 Å². The van der Waals surface area contributed by atoms with Crippen molar-refractivity contribution in [2.24, 2.45) is 5.73 Å². The molecule has 2 atom stereocenters. The number of rotatable bonds is 13. The summed E-state index contributed by atoms with van der Waals surface area (Å²) in [6, 6.07) is 4.06. The van der Waals surface area contributed by atoms with Crippen LogP contribution in [0, 0.1) is 22.7 Å². The summed E-state index contributed by atoms with van der Waals surface area (Å²) in [7, 11) is 0. The summed E-state index contributed by atoms with van der Waals surface area (Å²) in [4.78, 5) is 13.0. The number of nitrogens with two attached hydrogens (primary N) is 1.